The highest BCUT2D eigenvalue weighted by Crippen LogP contribution is 2.26. The lowest BCUT2D eigenvalue weighted by atomic mass is 9.96. The second-order valence-electron chi connectivity index (χ2n) is 4.06. The van der Waals surface area contributed by atoms with Crippen molar-refractivity contribution in [2.24, 2.45) is 5.92 Å². The SMILES string of the molecule is CC(CC(=N)C1CCCC1)NC(=O)O. The molecule has 0 aromatic carbocycles. The first-order valence-corrected chi connectivity index (χ1v) is 5.16. The van der Waals surface area contributed by atoms with Crippen molar-refractivity contribution in [1.82, 2.24) is 5.32 Å². The van der Waals surface area contributed by atoms with Crippen LogP contribution in [0.3, 0.4) is 0 Å². The van der Waals surface area contributed by atoms with E-state index in [1.54, 1.807) is 6.92 Å². The van der Waals surface area contributed by atoms with Gasteiger partial charge in [0.05, 0.1) is 0 Å². The lowest BCUT2D eigenvalue weighted by Gasteiger charge is -2.15. The van der Waals surface area contributed by atoms with Crippen molar-refractivity contribution in [3.63, 3.8) is 0 Å². The molecule has 80 valence electrons. The minimum Gasteiger partial charge on any atom is -0.465 e. The summed E-state index contributed by atoms with van der Waals surface area (Å²) in [6, 6.07) is -0.138. The van der Waals surface area contributed by atoms with Crippen molar-refractivity contribution in [1.29, 1.82) is 5.41 Å². The molecule has 1 amide bonds. The van der Waals surface area contributed by atoms with Gasteiger partial charge in [-0.25, -0.2) is 4.79 Å². The molecule has 0 saturated heterocycles. The van der Waals surface area contributed by atoms with E-state index in [0.717, 1.165) is 12.8 Å². The van der Waals surface area contributed by atoms with E-state index in [1.807, 2.05) is 0 Å². The van der Waals surface area contributed by atoms with Gasteiger partial charge in [-0.05, 0) is 25.7 Å². The van der Waals surface area contributed by atoms with Gasteiger partial charge in [-0.3, -0.25) is 0 Å². The first-order valence-electron chi connectivity index (χ1n) is 5.16. The zero-order valence-corrected chi connectivity index (χ0v) is 8.55. The minimum atomic E-state index is -1.00. The number of rotatable bonds is 4. The maximum atomic E-state index is 10.3. The highest BCUT2D eigenvalue weighted by atomic mass is 16.4. The van der Waals surface area contributed by atoms with Crippen LogP contribution in [0.5, 0.6) is 0 Å². The third-order valence-electron chi connectivity index (χ3n) is 2.74. The van der Waals surface area contributed by atoms with Crippen molar-refractivity contribution in [3.05, 3.63) is 0 Å². The van der Waals surface area contributed by atoms with Gasteiger partial charge in [0, 0.05) is 18.2 Å². The van der Waals surface area contributed by atoms with Crippen LogP contribution in [0, 0.1) is 11.3 Å². The molecule has 0 spiro atoms. The smallest absolute Gasteiger partial charge is 0.404 e. The van der Waals surface area contributed by atoms with E-state index in [2.05, 4.69) is 5.32 Å². The highest BCUT2D eigenvalue weighted by molar-refractivity contribution is 5.84. The molecule has 4 nitrogen and oxygen atoms in total. The Morgan fingerprint density at radius 3 is 2.64 bits per heavy atom. The van der Waals surface area contributed by atoms with Crippen LogP contribution in [0.1, 0.15) is 39.0 Å². The largest absolute Gasteiger partial charge is 0.465 e. The van der Waals surface area contributed by atoms with Gasteiger partial charge in [0.1, 0.15) is 0 Å². The normalized spacial score (nSPS) is 19.2. The lowest BCUT2D eigenvalue weighted by Crippen LogP contribution is -2.33. The molecule has 0 aliphatic heterocycles. The maximum Gasteiger partial charge on any atom is 0.404 e. The predicted molar refractivity (Wildman–Crippen MR) is 54.9 cm³/mol. The molecule has 1 rings (SSSR count). The Morgan fingerprint density at radius 1 is 1.57 bits per heavy atom. The Morgan fingerprint density at radius 2 is 2.14 bits per heavy atom. The summed E-state index contributed by atoms with van der Waals surface area (Å²) in [7, 11) is 0. The number of carboxylic acid groups (broad SMARTS) is 1. The molecule has 0 aromatic rings. The van der Waals surface area contributed by atoms with Crippen LogP contribution in [0.15, 0.2) is 0 Å². The van der Waals surface area contributed by atoms with E-state index in [-0.39, 0.29) is 6.04 Å². The number of amides is 1. The summed E-state index contributed by atoms with van der Waals surface area (Å²) >= 11 is 0. The Bertz CT molecular complexity index is 222. The predicted octanol–water partition coefficient (Wildman–Crippen LogP) is 2.24. The molecule has 0 bridgehead atoms. The minimum absolute atomic E-state index is 0.138. The molecule has 1 aliphatic rings. The summed E-state index contributed by atoms with van der Waals surface area (Å²) in [6.45, 7) is 1.80. The van der Waals surface area contributed by atoms with Crippen LogP contribution in [0.25, 0.3) is 0 Å². The van der Waals surface area contributed by atoms with Crippen molar-refractivity contribution in [3.8, 4) is 0 Å². The van der Waals surface area contributed by atoms with Crippen LogP contribution in [-0.2, 0) is 0 Å². The molecule has 1 atom stereocenters. The van der Waals surface area contributed by atoms with E-state index >= 15 is 0 Å². The van der Waals surface area contributed by atoms with E-state index in [9.17, 15) is 4.79 Å². The molecule has 3 N–H and O–H groups in total. The molecule has 1 fully saturated rings. The summed E-state index contributed by atoms with van der Waals surface area (Å²) in [6.07, 6.45) is 4.20. The number of hydrogen-bond donors (Lipinski definition) is 3. The van der Waals surface area contributed by atoms with Gasteiger partial charge in [-0.2, -0.15) is 0 Å². The summed E-state index contributed by atoms with van der Waals surface area (Å²) in [5, 5.41) is 18.7. The molecular formula is C10H18N2O2. The van der Waals surface area contributed by atoms with Gasteiger partial charge < -0.3 is 15.8 Å². The second kappa shape index (κ2) is 4.98. The van der Waals surface area contributed by atoms with Crippen molar-refractivity contribution >= 4 is 11.8 Å². The number of nitrogens with one attached hydrogen (secondary N) is 2. The topological polar surface area (TPSA) is 73.2 Å². The zero-order valence-electron chi connectivity index (χ0n) is 8.55. The van der Waals surface area contributed by atoms with Gasteiger partial charge >= 0.3 is 6.09 Å². The Labute approximate surface area is 84.2 Å². The van der Waals surface area contributed by atoms with Gasteiger partial charge in [0.2, 0.25) is 0 Å². The summed E-state index contributed by atoms with van der Waals surface area (Å²) in [4.78, 5) is 10.3. The van der Waals surface area contributed by atoms with Gasteiger partial charge in [-0.15, -0.1) is 0 Å². The third kappa shape index (κ3) is 3.36. The second-order valence-corrected chi connectivity index (χ2v) is 4.06. The van der Waals surface area contributed by atoms with Crippen molar-refractivity contribution < 1.29 is 9.90 Å². The fraction of sp³-hybridized carbons (Fsp3) is 0.800. The fourth-order valence-electron chi connectivity index (χ4n) is 2.03. The molecule has 1 saturated carbocycles. The molecule has 0 aromatic heterocycles. The standard InChI is InChI=1S/C10H18N2O2/c1-7(12-10(13)14)6-9(11)8-4-2-3-5-8/h7-8,11-12H,2-6H2,1H3,(H,13,14). The quantitative estimate of drug-likeness (QED) is 0.606. The van der Waals surface area contributed by atoms with Crippen LogP contribution < -0.4 is 5.32 Å². The number of carbonyl (C=O) groups is 1. The summed E-state index contributed by atoms with van der Waals surface area (Å²) in [5.74, 6) is 0.410. The van der Waals surface area contributed by atoms with E-state index in [0.29, 0.717) is 18.1 Å². The monoisotopic (exact) mass is 198 g/mol. The fourth-order valence-corrected chi connectivity index (χ4v) is 2.03. The van der Waals surface area contributed by atoms with Crippen molar-refractivity contribution in [2.45, 2.75) is 45.1 Å². The van der Waals surface area contributed by atoms with Gasteiger partial charge in [0.15, 0.2) is 0 Å². The molecule has 1 unspecified atom stereocenters. The average molecular weight is 198 g/mol. The van der Waals surface area contributed by atoms with Crippen molar-refractivity contribution in [2.75, 3.05) is 0 Å². The van der Waals surface area contributed by atoms with Gasteiger partial charge in [0.25, 0.3) is 0 Å². The summed E-state index contributed by atoms with van der Waals surface area (Å²) < 4.78 is 0. The summed E-state index contributed by atoms with van der Waals surface area (Å²) in [5.41, 5.74) is 0.712. The van der Waals surface area contributed by atoms with Crippen LogP contribution in [0.2, 0.25) is 0 Å². The van der Waals surface area contributed by atoms with E-state index < -0.39 is 6.09 Å². The molecular weight excluding hydrogens is 180 g/mol. The number of hydrogen-bond acceptors (Lipinski definition) is 2. The molecule has 0 heterocycles. The molecule has 14 heavy (non-hydrogen) atoms. The molecule has 4 heteroatoms. The van der Waals surface area contributed by atoms with Gasteiger partial charge in [-0.1, -0.05) is 12.8 Å². The van der Waals surface area contributed by atoms with Crippen LogP contribution in [-0.4, -0.2) is 23.0 Å². The zero-order chi connectivity index (χ0) is 10.6. The highest BCUT2D eigenvalue weighted by Gasteiger charge is 2.21. The van der Waals surface area contributed by atoms with E-state index in [1.165, 1.54) is 12.8 Å². The first-order chi connectivity index (χ1) is 6.59. The molecule has 0 radical (unpaired) electrons. The maximum absolute atomic E-state index is 10.3. The van der Waals surface area contributed by atoms with Crippen LogP contribution >= 0.6 is 0 Å². The molecule has 1 aliphatic carbocycles. The Hall–Kier alpha value is -1.06. The van der Waals surface area contributed by atoms with Crippen LogP contribution in [0.4, 0.5) is 4.79 Å². The lowest BCUT2D eigenvalue weighted by molar-refractivity contribution is 0.191. The first kappa shape index (κ1) is 11.0. The Kier molecular flexibility index (Phi) is 3.92. The average Bonchev–Trinajstić information content (AvgIpc) is 2.53. The van der Waals surface area contributed by atoms with E-state index in [4.69, 9.17) is 10.5 Å². The third-order valence-corrected chi connectivity index (χ3v) is 2.74. The Balaban J connectivity index is 2.28.